The summed E-state index contributed by atoms with van der Waals surface area (Å²) in [6.07, 6.45) is 0.771. The van der Waals surface area contributed by atoms with E-state index in [4.69, 9.17) is 0 Å². The largest absolute Gasteiger partial charge is 0.416 e. The van der Waals surface area contributed by atoms with E-state index in [0.717, 1.165) is 6.07 Å². The first-order valence-corrected chi connectivity index (χ1v) is 6.37. The van der Waals surface area contributed by atoms with Crippen LogP contribution in [0.1, 0.15) is 24.1 Å². The lowest BCUT2D eigenvalue weighted by Crippen LogP contribution is -2.25. The highest BCUT2D eigenvalue weighted by Gasteiger charge is 2.30. The maximum absolute atomic E-state index is 12.8. The monoisotopic (exact) mass is 283 g/mol. The van der Waals surface area contributed by atoms with Crippen LogP contribution in [-0.2, 0) is 12.7 Å². The average Bonchev–Trinajstić information content (AvgIpc) is 2.90. The van der Waals surface area contributed by atoms with Gasteiger partial charge in [-0.05, 0) is 24.2 Å². The minimum Gasteiger partial charge on any atom is -0.336 e. The van der Waals surface area contributed by atoms with Crippen LogP contribution >= 0.6 is 0 Å². The van der Waals surface area contributed by atoms with Crippen LogP contribution in [0.4, 0.5) is 13.2 Å². The summed E-state index contributed by atoms with van der Waals surface area (Å²) in [6.45, 7) is 3.14. The molecular formula is C14H16F3N3. The number of nitrogens with one attached hydrogen (secondary N) is 1. The van der Waals surface area contributed by atoms with Crippen molar-refractivity contribution in [2.75, 3.05) is 6.54 Å². The van der Waals surface area contributed by atoms with E-state index in [2.05, 4.69) is 10.3 Å². The Morgan fingerprint density at radius 2 is 2.15 bits per heavy atom. The Kier molecular flexibility index (Phi) is 4.44. The molecular weight excluding hydrogens is 267 g/mol. The van der Waals surface area contributed by atoms with Crippen LogP contribution in [0.25, 0.3) is 0 Å². The van der Waals surface area contributed by atoms with Crippen LogP contribution in [-0.4, -0.2) is 16.1 Å². The molecule has 3 nitrogen and oxygen atoms in total. The molecule has 0 bridgehead atoms. The predicted molar refractivity (Wildman–Crippen MR) is 70.1 cm³/mol. The Hall–Kier alpha value is -1.82. The van der Waals surface area contributed by atoms with Gasteiger partial charge in [-0.1, -0.05) is 19.1 Å². The van der Waals surface area contributed by atoms with Gasteiger partial charge in [0.1, 0.15) is 0 Å². The third-order valence-corrected chi connectivity index (χ3v) is 3.02. The average molecular weight is 283 g/mol. The summed E-state index contributed by atoms with van der Waals surface area (Å²) < 4.78 is 40.1. The van der Waals surface area contributed by atoms with Crippen LogP contribution in [0.5, 0.6) is 0 Å². The van der Waals surface area contributed by atoms with Gasteiger partial charge in [0.05, 0.1) is 17.9 Å². The number of likely N-dealkylation sites (N-methyl/N-ethyl adjacent to an activating group) is 1. The number of aromatic nitrogens is 2. The van der Waals surface area contributed by atoms with Crippen molar-refractivity contribution < 1.29 is 13.2 Å². The molecule has 1 atom stereocenters. The van der Waals surface area contributed by atoms with Gasteiger partial charge in [0.2, 0.25) is 0 Å². The molecule has 0 spiro atoms. The molecule has 0 saturated carbocycles. The quantitative estimate of drug-likeness (QED) is 0.913. The van der Waals surface area contributed by atoms with E-state index < -0.39 is 11.7 Å². The zero-order chi connectivity index (χ0) is 14.6. The van der Waals surface area contributed by atoms with Crippen molar-refractivity contribution in [2.24, 2.45) is 0 Å². The molecule has 0 radical (unpaired) electrons. The van der Waals surface area contributed by atoms with Gasteiger partial charge in [-0.2, -0.15) is 13.2 Å². The van der Waals surface area contributed by atoms with Crippen molar-refractivity contribution in [2.45, 2.75) is 25.7 Å². The second-order valence-corrected chi connectivity index (χ2v) is 4.49. The lowest BCUT2D eigenvalue weighted by Gasteiger charge is -2.20. The number of imidazole rings is 1. The number of hydrogen-bond acceptors (Lipinski definition) is 2. The van der Waals surface area contributed by atoms with Gasteiger partial charge in [0, 0.05) is 18.9 Å². The van der Waals surface area contributed by atoms with Gasteiger partial charge < -0.3 is 9.88 Å². The fourth-order valence-corrected chi connectivity index (χ4v) is 2.07. The van der Waals surface area contributed by atoms with E-state index in [9.17, 15) is 13.2 Å². The summed E-state index contributed by atoms with van der Waals surface area (Å²) in [5.41, 5.74) is -0.00101. The summed E-state index contributed by atoms with van der Waals surface area (Å²) in [5, 5.41) is 3.20. The van der Waals surface area contributed by atoms with Gasteiger partial charge in [0.25, 0.3) is 0 Å². The molecule has 20 heavy (non-hydrogen) atoms. The fraction of sp³-hybridized carbons (Fsp3) is 0.357. The Bertz CT molecular complexity index is 535. The molecule has 1 aromatic heterocycles. The first-order chi connectivity index (χ1) is 9.50. The van der Waals surface area contributed by atoms with Crippen LogP contribution in [0, 0.1) is 0 Å². The number of alkyl halides is 3. The molecule has 0 aliphatic rings. The van der Waals surface area contributed by atoms with Crippen molar-refractivity contribution in [1.82, 2.24) is 14.9 Å². The van der Waals surface area contributed by atoms with E-state index in [1.165, 1.54) is 12.1 Å². The van der Waals surface area contributed by atoms with Crippen LogP contribution < -0.4 is 5.32 Å². The highest BCUT2D eigenvalue weighted by Crippen LogP contribution is 2.31. The van der Waals surface area contributed by atoms with E-state index in [1.807, 2.05) is 11.5 Å². The summed E-state index contributed by atoms with van der Waals surface area (Å²) >= 11 is 0. The van der Waals surface area contributed by atoms with E-state index in [1.54, 1.807) is 24.8 Å². The Labute approximate surface area is 115 Å². The zero-order valence-electron chi connectivity index (χ0n) is 11.1. The first-order valence-electron chi connectivity index (χ1n) is 6.37. The number of nitrogens with zero attached hydrogens (tertiary/aromatic N) is 2. The van der Waals surface area contributed by atoms with E-state index >= 15 is 0 Å². The maximum atomic E-state index is 12.8. The highest BCUT2D eigenvalue weighted by molar-refractivity contribution is 5.28. The normalized spacial score (nSPS) is 13.4. The molecule has 2 aromatic rings. The van der Waals surface area contributed by atoms with Gasteiger partial charge >= 0.3 is 6.18 Å². The lowest BCUT2D eigenvalue weighted by atomic mass is 10.0. The van der Waals surface area contributed by atoms with Gasteiger partial charge in [-0.3, -0.25) is 0 Å². The number of benzene rings is 1. The van der Waals surface area contributed by atoms with Crippen molar-refractivity contribution in [3.63, 3.8) is 0 Å². The molecule has 1 heterocycles. The highest BCUT2D eigenvalue weighted by atomic mass is 19.4. The standard InChI is InChI=1S/C14H16F3N3/c1-2-19-13(9-20-7-6-18-10-20)11-4-3-5-12(8-11)14(15,16)17/h3-8,10,13,19H,2,9H2,1H3. The van der Waals surface area contributed by atoms with Crippen LogP contribution in [0.3, 0.4) is 0 Å². The summed E-state index contributed by atoms with van der Waals surface area (Å²) in [7, 11) is 0. The molecule has 1 N–H and O–H groups in total. The Morgan fingerprint density at radius 1 is 1.35 bits per heavy atom. The van der Waals surface area contributed by atoms with Crippen molar-refractivity contribution >= 4 is 0 Å². The van der Waals surface area contributed by atoms with Crippen molar-refractivity contribution in [1.29, 1.82) is 0 Å². The fourth-order valence-electron chi connectivity index (χ4n) is 2.07. The van der Waals surface area contributed by atoms with Gasteiger partial charge in [0.15, 0.2) is 0 Å². The zero-order valence-corrected chi connectivity index (χ0v) is 11.1. The minimum atomic E-state index is -4.32. The SMILES string of the molecule is CCNC(Cn1ccnc1)c1cccc(C(F)(F)F)c1. The molecule has 1 unspecified atom stereocenters. The number of hydrogen-bond donors (Lipinski definition) is 1. The van der Waals surface area contributed by atoms with Crippen LogP contribution in [0.15, 0.2) is 43.0 Å². The third-order valence-electron chi connectivity index (χ3n) is 3.02. The Balaban J connectivity index is 2.25. The molecule has 2 rings (SSSR count). The van der Waals surface area contributed by atoms with Gasteiger partial charge in [-0.25, -0.2) is 4.98 Å². The van der Waals surface area contributed by atoms with Crippen LogP contribution in [0.2, 0.25) is 0 Å². The lowest BCUT2D eigenvalue weighted by molar-refractivity contribution is -0.137. The minimum absolute atomic E-state index is 0.184. The molecule has 1 aromatic carbocycles. The second-order valence-electron chi connectivity index (χ2n) is 4.49. The number of rotatable bonds is 5. The third kappa shape index (κ3) is 3.60. The van der Waals surface area contributed by atoms with E-state index in [0.29, 0.717) is 18.7 Å². The molecule has 0 aliphatic carbocycles. The predicted octanol–water partition coefficient (Wildman–Crippen LogP) is 3.25. The topological polar surface area (TPSA) is 29.9 Å². The van der Waals surface area contributed by atoms with Gasteiger partial charge in [-0.15, -0.1) is 0 Å². The smallest absolute Gasteiger partial charge is 0.336 e. The second kappa shape index (κ2) is 6.09. The molecule has 108 valence electrons. The van der Waals surface area contributed by atoms with Crippen molar-refractivity contribution in [3.8, 4) is 0 Å². The summed E-state index contributed by atoms with van der Waals surface area (Å²) in [5.74, 6) is 0. The summed E-state index contributed by atoms with van der Waals surface area (Å²) in [4.78, 5) is 3.94. The van der Waals surface area contributed by atoms with E-state index in [-0.39, 0.29) is 6.04 Å². The van der Waals surface area contributed by atoms with Crippen molar-refractivity contribution in [3.05, 3.63) is 54.1 Å². The molecule has 6 heteroatoms. The summed E-state index contributed by atoms with van der Waals surface area (Å²) in [6, 6.07) is 5.25. The molecule has 0 amide bonds. The first kappa shape index (κ1) is 14.6. The Morgan fingerprint density at radius 3 is 2.75 bits per heavy atom. The molecule has 0 fully saturated rings. The molecule has 0 aliphatic heterocycles. The maximum Gasteiger partial charge on any atom is 0.416 e. The number of halogens is 3. The molecule has 0 saturated heterocycles.